The van der Waals surface area contributed by atoms with Crippen LogP contribution >= 0.6 is 11.8 Å². The smallest absolute Gasteiger partial charge is 0.0333 e. The zero-order chi connectivity index (χ0) is 13.4. The van der Waals surface area contributed by atoms with Gasteiger partial charge < -0.3 is 5.73 Å². The molecule has 0 amide bonds. The molecular weight excluding hydrogens is 240 g/mol. The lowest BCUT2D eigenvalue weighted by Gasteiger charge is -2.52. The SMILES string of the molecule is CC1CN(C2(CN)CCC(C)(C)CC2)CC(C)S1. The molecule has 0 bridgehead atoms. The predicted molar refractivity (Wildman–Crippen MR) is 82.1 cm³/mol. The summed E-state index contributed by atoms with van der Waals surface area (Å²) in [7, 11) is 0. The summed E-state index contributed by atoms with van der Waals surface area (Å²) >= 11 is 2.14. The van der Waals surface area contributed by atoms with Crippen LogP contribution in [0.4, 0.5) is 0 Å². The minimum atomic E-state index is 0.305. The Labute approximate surface area is 117 Å². The zero-order valence-electron chi connectivity index (χ0n) is 12.5. The second kappa shape index (κ2) is 5.34. The van der Waals surface area contributed by atoms with Crippen molar-refractivity contribution in [3.05, 3.63) is 0 Å². The molecule has 1 saturated heterocycles. The maximum atomic E-state index is 6.20. The fourth-order valence-electron chi connectivity index (χ4n) is 3.61. The van der Waals surface area contributed by atoms with Gasteiger partial charge in [0, 0.05) is 35.7 Å². The molecule has 1 heterocycles. The highest BCUT2D eigenvalue weighted by molar-refractivity contribution is 8.00. The molecule has 1 aliphatic carbocycles. The Balaban J connectivity index is 2.08. The van der Waals surface area contributed by atoms with Crippen molar-refractivity contribution in [1.29, 1.82) is 0 Å². The lowest BCUT2D eigenvalue weighted by Crippen LogP contribution is -2.60. The molecule has 0 aromatic rings. The van der Waals surface area contributed by atoms with Crippen molar-refractivity contribution >= 4 is 11.8 Å². The summed E-state index contributed by atoms with van der Waals surface area (Å²) in [5, 5.41) is 1.51. The standard InChI is InChI=1S/C15H30N2S/c1-12-9-17(10-13(2)18-12)15(11-16)7-5-14(3,4)6-8-15/h12-13H,5-11,16H2,1-4H3. The number of hydrogen-bond donors (Lipinski definition) is 1. The number of nitrogens with zero attached hydrogens (tertiary/aromatic N) is 1. The minimum absolute atomic E-state index is 0.305. The third-order valence-electron chi connectivity index (χ3n) is 5.00. The van der Waals surface area contributed by atoms with E-state index in [-0.39, 0.29) is 0 Å². The highest BCUT2D eigenvalue weighted by Crippen LogP contribution is 2.44. The van der Waals surface area contributed by atoms with E-state index >= 15 is 0 Å². The van der Waals surface area contributed by atoms with Gasteiger partial charge in [0.1, 0.15) is 0 Å². The van der Waals surface area contributed by atoms with Crippen molar-refractivity contribution in [3.8, 4) is 0 Å². The minimum Gasteiger partial charge on any atom is -0.329 e. The van der Waals surface area contributed by atoms with Crippen LogP contribution < -0.4 is 5.73 Å². The third kappa shape index (κ3) is 3.05. The molecule has 2 nitrogen and oxygen atoms in total. The first-order valence-corrected chi connectivity index (χ1v) is 8.42. The largest absolute Gasteiger partial charge is 0.329 e. The summed E-state index contributed by atoms with van der Waals surface area (Å²) in [6.45, 7) is 12.8. The molecule has 3 heteroatoms. The van der Waals surface area contributed by atoms with Crippen LogP contribution in [-0.4, -0.2) is 40.6 Å². The zero-order valence-corrected chi connectivity index (χ0v) is 13.4. The van der Waals surface area contributed by atoms with Gasteiger partial charge in [-0.05, 0) is 31.1 Å². The first-order valence-electron chi connectivity index (χ1n) is 7.47. The lowest BCUT2D eigenvalue weighted by atomic mass is 9.68. The van der Waals surface area contributed by atoms with Crippen LogP contribution in [0.1, 0.15) is 53.4 Å². The van der Waals surface area contributed by atoms with Crippen LogP contribution in [0.5, 0.6) is 0 Å². The second-order valence-corrected chi connectivity index (χ2v) is 9.14. The molecule has 2 atom stereocenters. The van der Waals surface area contributed by atoms with Crippen molar-refractivity contribution in [1.82, 2.24) is 4.90 Å². The Kier molecular flexibility index (Phi) is 4.35. The van der Waals surface area contributed by atoms with E-state index in [2.05, 4.69) is 44.4 Å². The first-order chi connectivity index (χ1) is 8.37. The lowest BCUT2D eigenvalue weighted by molar-refractivity contribution is 0.0219. The Bertz CT molecular complexity index is 270. The Morgan fingerprint density at radius 1 is 1.06 bits per heavy atom. The van der Waals surface area contributed by atoms with Crippen molar-refractivity contribution in [2.75, 3.05) is 19.6 Å². The van der Waals surface area contributed by atoms with E-state index in [1.54, 1.807) is 0 Å². The Hall–Kier alpha value is 0.270. The van der Waals surface area contributed by atoms with E-state index in [1.807, 2.05) is 0 Å². The van der Waals surface area contributed by atoms with Crippen LogP contribution in [0, 0.1) is 5.41 Å². The molecule has 1 aliphatic heterocycles. The number of rotatable bonds is 2. The average molecular weight is 270 g/mol. The van der Waals surface area contributed by atoms with E-state index in [0.29, 0.717) is 11.0 Å². The normalized spacial score (nSPS) is 36.5. The van der Waals surface area contributed by atoms with Gasteiger partial charge in [-0.1, -0.05) is 27.7 Å². The summed E-state index contributed by atoms with van der Waals surface area (Å²) in [5.41, 5.74) is 7.03. The Morgan fingerprint density at radius 3 is 2.00 bits per heavy atom. The van der Waals surface area contributed by atoms with Crippen LogP contribution in [-0.2, 0) is 0 Å². The van der Waals surface area contributed by atoms with Gasteiger partial charge in [-0.25, -0.2) is 0 Å². The number of hydrogen-bond acceptors (Lipinski definition) is 3. The highest BCUT2D eigenvalue weighted by atomic mass is 32.2. The monoisotopic (exact) mass is 270 g/mol. The third-order valence-corrected chi connectivity index (χ3v) is 6.23. The van der Waals surface area contributed by atoms with Crippen LogP contribution in [0.15, 0.2) is 0 Å². The van der Waals surface area contributed by atoms with Gasteiger partial charge in [0.15, 0.2) is 0 Å². The molecule has 18 heavy (non-hydrogen) atoms. The molecule has 2 rings (SSSR count). The van der Waals surface area contributed by atoms with E-state index in [9.17, 15) is 0 Å². The van der Waals surface area contributed by atoms with Gasteiger partial charge in [0.2, 0.25) is 0 Å². The second-order valence-electron chi connectivity index (χ2n) is 7.25. The molecule has 0 aromatic heterocycles. The van der Waals surface area contributed by atoms with Crippen LogP contribution in [0.2, 0.25) is 0 Å². The van der Waals surface area contributed by atoms with Crippen molar-refractivity contribution < 1.29 is 0 Å². The van der Waals surface area contributed by atoms with Gasteiger partial charge in [-0.15, -0.1) is 0 Å². The van der Waals surface area contributed by atoms with Gasteiger partial charge >= 0.3 is 0 Å². The number of thioether (sulfide) groups is 1. The summed E-state index contributed by atoms with van der Waals surface area (Å²) in [6, 6.07) is 0. The maximum absolute atomic E-state index is 6.20. The summed E-state index contributed by atoms with van der Waals surface area (Å²) in [4.78, 5) is 2.73. The summed E-state index contributed by atoms with van der Waals surface area (Å²) < 4.78 is 0. The van der Waals surface area contributed by atoms with E-state index in [4.69, 9.17) is 5.73 Å². The molecule has 0 spiro atoms. The number of nitrogens with two attached hydrogens (primary N) is 1. The molecular formula is C15H30N2S. The molecule has 1 saturated carbocycles. The first kappa shape index (κ1) is 14.7. The molecule has 106 valence electrons. The summed E-state index contributed by atoms with van der Waals surface area (Å²) in [5.74, 6) is 0. The van der Waals surface area contributed by atoms with E-state index in [1.165, 1.54) is 38.8 Å². The Morgan fingerprint density at radius 2 is 1.56 bits per heavy atom. The highest BCUT2D eigenvalue weighted by Gasteiger charge is 2.43. The molecule has 0 radical (unpaired) electrons. The van der Waals surface area contributed by atoms with Crippen LogP contribution in [0.25, 0.3) is 0 Å². The average Bonchev–Trinajstić information content (AvgIpc) is 2.28. The fourth-order valence-corrected chi connectivity index (χ4v) is 4.93. The van der Waals surface area contributed by atoms with Gasteiger partial charge in [-0.3, -0.25) is 4.90 Å². The molecule has 2 N–H and O–H groups in total. The predicted octanol–water partition coefficient (Wildman–Crippen LogP) is 3.11. The van der Waals surface area contributed by atoms with Gasteiger partial charge in [0.05, 0.1) is 0 Å². The molecule has 2 unspecified atom stereocenters. The quantitative estimate of drug-likeness (QED) is 0.836. The van der Waals surface area contributed by atoms with Gasteiger partial charge in [0.25, 0.3) is 0 Å². The van der Waals surface area contributed by atoms with Crippen LogP contribution in [0.3, 0.4) is 0 Å². The van der Waals surface area contributed by atoms with Crippen molar-refractivity contribution in [2.45, 2.75) is 69.4 Å². The van der Waals surface area contributed by atoms with E-state index in [0.717, 1.165) is 17.0 Å². The molecule has 2 aliphatic rings. The van der Waals surface area contributed by atoms with Gasteiger partial charge in [-0.2, -0.15) is 11.8 Å². The summed E-state index contributed by atoms with van der Waals surface area (Å²) in [6.07, 6.45) is 5.24. The maximum Gasteiger partial charge on any atom is 0.0333 e. The fraction of sp³-hybridized carbons (Fsp3) is 1.00. The van der Waals surface area contributed by atoms with Crippen molar-refractivity contribution in [3.63, 3.8) is 0 Å². The molecule has 0 aromatic carbocycles. The topological polar surface area (TPSA) is 29.3 Å². The van der Waals surface area contributed by atoms with E-state index < -0.39 is 0 Å². The molecule has 2 fully saturated rings. The van der Waals surface area contributed by atoms with Crippen molar-refractivity contribution in [2.24, 2.45) is 11.1 Å².